The van der Waals surface area contributed by atoms with Gasteiger partial charge in [0.15, 0.2) is 0 Å². The molecule has 0 unspecified atom stereocenters. The molecule has 1 aliphatic heterocycles. The van der Waals surface area contributed by atoms with E-state index in [1.54, 1.807) is 11.3 Å². The van der Waals surface area contributed by atoms with Gasteiger partial charge in [0.2, 0.25) is 0 Å². The minimum Gasteiger partial charge on any atom is -0.319 e. The summed E-state index contributed by atoms with van der Waals surface area (Å²) in [6.07, 6.45) is 2.65. The fraction of sp³-hybridized carbons (Fsp3) is 0.750. The average molecular weight is 239 g/mol. The molecular formula is C12H21N3S. The molecule has 1 fully saturated rings. The maximum atomic E-state index is 4.52. The highest BCUT2D eigenvalue weighted by atomic mass is 32.1. The summed E-state index contributed by atoms with van der Waals surface area (Å²) < 4.78 is 0. The average Bonchev–Trinajstić information content (AvgIpc) is 2.67. The van der Waals surface area contributed by atoms with Crippen LogP contribution >= 0.6 is 11.3 Å². The Morgan fingerprint density at radius 2 is 2.25 bits per heavy atom. The zero-order valence-corrected chi connectivity index (χ0v) is 11.0. The zero-order chi connectivity index (χ0) is 11.4. The van der Waals surface area contributed by atoms with E-state index in [1.165, 1.54) is 43.2 Å². The highest BCUT2D eigenvalue weighted by molar-refractivity contribution is 7.09. The molecule has 0 aromatic carbocycles. The van der Waals surface area contributed by atoms with E-state index in [0.29, 0.717) is 0 Å². The van der Waals surface area contributed by atoms with Gasteiger partial charge in [-0.1, -0.05) is 0 Å². The van der Waals surface area contributed by atoms with E-state index in [0.717, 1.165) is 12.5 Å². The normalized spacial score (nSPS) is 19.1. The fourth-order valence-electron chi connectivity index (χ4n) is 2.35. The summed E-state index contributed by atoms with van der Waals surface area (Å²) in [6.45, 7) is 6.74. The van der Waals surface area contributed by atoms with Crippen molar-refractivity contribution >= 4 is 11.3 Å². The van der Waals surface area contributed by atoms with Crippen LogP contribution in [0, 0.1) is 12.8 Å². The highest BCUT2D eigenvalue weighted by Crippen LogP contribution is 2.19. The molecule has 0 radical (unpaired) electrons. The summed E-state index contributed by atoms with van der Waals surface area (Å²) in [7, 11) is 2.05. The van der Waals surface area contributed by atoms with Crippen molar-refractivity contribution in [1.82, 2.24) is 15.2 Å². The van der Waals surface area contributed by atoms with Gasteiger partial charge in [-0.2, -0.15) is 0 Å². The lowest BCUT2D eigenvalue weighted by molar-refractivity contribution is 0.175. The van der Waals surface area contributed by atoms with Gasteiger partial charge in [0.25, 0.3) is 0 Å². The lowest BCUT2D eigenvalue weighted by Crippen LogP contribution is -2.36. The molecule has 1 saturated heterocycles. The van der Waals surface area contributed by atoms with Crippen LogP contribution in [0.2, 0.25) is 0 Å². The molecule has 3 nitrogen and oxygen atoms in total. The lowest BCUT2D eigenvalue weighted by atomic mass is 9.97. The van der Waals surface area contributed by atoms with E-state index in [-0.39, 0.29) is 0 Å². The smallest absolute Gasteiger partial charge is 0.0897 e. The minimum atomic E-state index is 0.874. The highest BCUT2D eigenvalue weighted by Gasteiger charge is 2.18. The first-order valence-electron chi connectivity index (χ1n) is 6.06. The molecule has 4 heteroatoms. The third-order valence-corrected chi connectivity index (χ3v) is 4.07. The van der Waals surface area contributed by atoms with E-state index in [2.05, 4.69) is 27.5 Å². The number of aryl methyl sites for hydroxylation is 1. The first-order valence-corrected chi connectivity index (χ1v) is 6.94. The Labute approximate surface area is 102 Å². The van der Waals surface area contributed by atoms with E-state index in [9.17, 15) is 0 Å². The van der Waals surface area contributed by atoms with Crippen LogP contribution in [0.3, 0.4) is 0 Å². The number of rotatable bonds is 4. The van der Waals surface area contributed by atoms with Gasteiger partial charge < -0.3 is 5.32 Å². The van der Waals surface area contributed by atoms with Crippen LogP contribution in [0.1, 0.15) is 23.5 Å². The minimum absolute atomic E-state index is 0.874. The summed E-state index contributed by atoms with van der Waals surface area (Å²) in [5.41, 5.74) is 1.24. The van der Waals surface area contributed by atoms with Crippen molar-refractivity contribution in [3.63, 3.8) is 0 Å². The standard InChI is InChI=1S/C12H21N3S/c1-10-14-12(9-16-10)8-15-5-3-11(4-6-15)7-13-2/h9,11,13H,3-8H2,1-2H3. The molecule has 1 N–H and O–H groups in total. The molecule has 0 atom stereocenters. The number of aromatic nitrogens is 1. The van der Waals surface area contributed by atoms with Crippen LogP contribution in [0.15, 0.2) is 5.38 Å². The Bertz CT molecular complexity index is 316. The molecular weight excluding hydrogens is 218 g/mol. The van der Waals surface area contributed by atoms with E-state index >= 15 is 0 Å². The van der Waals surface area contributed by atoms with Crippen molar-refractivity contribution < 1.29 is 0 Å². The van der Waals surface area contributed by atoms with Crippen LogP contribution in [0.4, 0.5) is 0 Å². The Kier molecular flexibility index (Phi) is 4.32. The third kappa shape index (κ3) is 3.27. The number of likely N-dealkylation sites (tertiary alicyclic amines) is 1. The molecule has 1 aromatic rings. The van der Waals surface area contributed by atoms with Crippen molar-refractivity contribution in [2.45, 2.75) is 26.3 Å². The van der Waals surface area contributed by atoms with Gasteiger partial charge in [0, 0.05) is 11.9 Å². The quantitative estimate of drug-likeness (QED) is 0.869. The first kappa shape index (κ1) is 12.0. The molecule has 16 heavy (non-hydrogen) atoms. The topological polar surface area (TPSA) is 28.2 Å². The van der Waals surface area contributed by atoms with Crippen molar-refractivity contribution in [3.05, 3.63) is 16.1 Å². The van der Waals surface area contributed by atoms with Crippen LogP contribution in [0.25, 0.3) is 0 Å². The van der Waals surface area contributed by atoms with Crippen molar-refractivity contribution in [2.75, 3.05) is 26.7 Å². The molecule has 2 rings (SSSR count). The summed E-state index contributed by atoms with van der Waals surface area (Å²) >= 11 is 1.75. The molecule has 0 aliphatic carbocycles. The molecule has 0 saturated carbocycles. The number of nitrogens with one attached hydrogen (secondary N) is 1. The summed E-state index contributed by atoms with van der Waals surface area (Å²) in [5.74, 6) is 0.874. The summed E-state index contributed by atoms with van der Waals surface area (Å²) in [4.78, 5) is 7.05. The second kappa shape index (κ2) is 5.75. The molecule has 0 spiro atoms. The van der Waals surface area contributed by atoms with E-state index < -0.39 is 0 Å². The maximum absolute atomic E-state index is 4.52. The number of hydrogen-bond acceptors (Lipinski definition) is 4. The van der Waals surface area contributed by atoms with Gasteiger partial charge in [0.1, 0.15) is 0 Å². The molecule has 90 valence electrons. The van der Waals surface area contributed by atoms with Gasteiger partial charge in [-0.25, -0.2) is 4.98 Å². The molecule has 1 aromatic heterocycles. The van der Waals surface area contributed by atoms with E-state index in [1.807, 2.05) is 7.05 Å². The Hall–Kier alpha value is -0.450. The second-order valence-electron chi connectivity index (χ2n) is 4.64. The SMILES string of the molecule is CNCC1CCN(Cc2csc(C)n2)CC1. The fourth-order valence-corrected chi connectivity index (χ4v) is 2.95. The van der Waals surface area contributed by atoms with Crippen molar-refractivity contribution in [1.29, 1.82) is 0 Å². The van der Waals surface area contributed by atoms with Gasteiger partial charge in [0.05, 0.1) is 10.7 Å². The predicted octanol–water partition coefficient (Wildman–Crippen LogP) is 1.88. The van der Waals surface area contributed by atoms with Gasteiger partial charge in [-0.3, -0.25) is 4.90 Å². The molecule has 1 aliphatic rings. The van der Waals surface area contributed by atoms with Gasteiger partial charge in [-0.15, -0.1) is 11.3 Å². The van der Waals surface area contributed by atoms with Crippen LogP contribution in [-0.4, -0.2) is 36.6 Å². The van der Waals surface area contributed by atoms with Crippen molar-refractivity contribution in [3.8, 4) is 0 Å². The number of hydrogen-bond donors (Lipinski definition) is 1. The number of nitrogens with zero attached hydrogens (tertiary/aromatic N) is 2. The summed E-state index contributed by atoms with van der Waals surface area (Å²) in [5, 5.41) is 6.65. The lowest BCUT2D eigenvalue weighted by Gasteiger charge is -2.31. The number of piperidine rings is 1. The number of thiazole rings is 1. The third-order valence-electron chi connectivity index (χ3n) is 3.25. The van der Waals surface area contributed by atoms with Crippen LogP contribution in [0.5, 0.6) is 0 Å². The van der Waals surface area contributed by atoms with Crippen LogP contribution < -0.4 is 5.32 Å². The summed E-state index contributed by atoms with van der Waals surface area (Å²) in [6, 6.07) is 0. The maximum Gasteiger partial charge on any atom is 0.0897 e. The van der Waals surface area contributed by atoms with E-state index in [4.69, 9.17) is 0 Å². The van der Waals surface area contributed by atoms with Gasteiger partial charge >= 0.3 is 0 Å². The predicted molar refractivity (Wildman–Crippen MR) is 68.8 cm³/mol. The Morgan fingerprint density at radius 1 is 1.50 bits per heavy atom. The van der Waals surface area contributed by atoms with Crippen LogP contribution in [-0.2, 0) is 6.54 Å². The Balaban J connectivity index is 1.77. The molecule has 0 amide bonds. The van der Waals surface area contributed by atoms with Crippen molar-refractivity contribution in [2.24, 2.45) is 5.92 Å². The largest absolute Gasteiger partial charge is 0.319 e. The first-order chi connectivity index (χ1) is 7.78. The monoisotopic (exact) mass is 239 g/mol. The Morgan fingerprint density at radius 3 is 2.81 bits per heavy atom. The second-order valence-corrected chi connectivity index (χ2v) is 5.70. The molecule has 2 heterocycles. The van der Waals surface area contributed by atoms with Gasteiger partial charge in [-0.05, 0) is 52.4 Å². The zero-order valence-electron chi connectivity index (χ0n) is 10.2. The molecule has 0 bridgehead atoms.